The number of phenols is 4. The van der Waals surface area contributed by atoms with Crippen molar-refractivity contribution in [2.24, 2.45) is 0 Å². The molecule has 2 atom stereocenters. The zero-order chi connectivity index (χ0) is 33.5. The quantitative estimate of drug-likeness (QED) is 0.185. The fourth-order valence-electron chi connectivity index (χ4n) is 6.92. The molecule has 0 saturated heterocycles. The predicted octanol–water partition coefficient (Wildman–Crippen LogP) is 6.52. The summed E-state index contributed by atoms with van der Waals surface area (Å²) in [6, 6.07) is 6.78. The molecule has 46 heavy (non-hydrogen) atoms. The lowest BCUT2D eigenvalue weighted by Crippen LogP contribution is -2.31. The second-order valence-corrected chi connectivity index (χ2v) is 11.9. The molecule has 2 aliphatic carbocycles. The molecule has 0 aliphatic heterocycles. The summed E-state index contributed by atoms with van der Waals surface area (Å²) in [7, 11) is 5.20. The second kappa shape index (κ2) is 10.9. The SMILES string of the molecule is COc1cc(C)cc2c1C(=O)c1c(O)c(OC)c(O)c(Cl)c1[C@@H]2[C@@H]1c2cc(C)cc(OC)c2C(=O)c2c(O)c(OC)c(O)c(Cl)c21. The van der Waals surface area contributed by atoms with Crippen molar-refractivity contribution in [3.8, 4) is 46.0 Å². The summed E-state index contributed by atoms with van der Waals surface area (Å²) in [5.74, 6) is -6.51. The maximum atomic E-state index is 14.3. The first kappa shape index (κ1) is 31.2. The van der Waals surface area contributed by atoms with Crippen molar-refractivity contribution in [3.63, 3.8) is 0 Å². The molecule has 0 saturated carbocycles. The zero-order valence-corrected chi connectivity index (χ0v) is 27.0. The largest absolute Gasteiger partial charge is 0.504 e. The first-order chi connectivity index (χ1) is 21.8. The highest BCUT2D eigenvalue weighted by atomic mass is 35.5. The van der Waals surface area contributed by atoms with Crippen LogP contribution < -0.4 is 18.9 Å². The second-order valence-electron chi connectivity index (χ2n) is 11.1. The summed E-state index contributed by atoms with van der Waals surface area (Å²) in [4.78, 5) is 28.6. The van der Waals surface area contributed by atoms with E-state index in [0.29, 0.717) is 22.3 Å². The maximum absolute atomic E-state index is 14.3. The molecule has 0 heterocycles. The maximum Gasteiger partial charge on any atom is 0.205 e. The van der Waals surface area contributed by atoms with Gasteiger partial charge in [0.1, 0.15) is 11.5 Å². The Morgan fingerprint density at radius 2 is 0.891 bits per heavy atom. The highest BCUT2D eigenvalue weighted by molar-refractivity contribution is 6.36. The number of halogens is 2. The molecule has 0 spiro atoms. The van der Waals surface area contributed by atoms with E-state index in [9.17, 15) is 30.0 Å². The van der Waals surface area contributed by atoms with E-state index < -0.39 is 57.9 Å². The van der Waals surface area contributed by atoms with Crippen LogP contribution in [-0.2, 0) is 0 Å². The fourth-order valence-corrected chi connectivity index (χ4v) is 7.52. The minimum atomic E-state index is -1.09. The molecule has 4 N–H and O–H groups in total. The van der Waals surface area contributed by atoms with Crippen molar-refractivity contribution >= 4 is 34.8 Å². The highest BCUT2D eigenvalue weighted by Gasteiger charge is 2.49. The molecule has 0 amide bonds. The summed E-state index contributed by atoms with van der Waals surface area (Å²) >= 11 is 13.8. The van der Waals surface area contributed by atoms with E-state index in [-0.39, 0.29) is 54.9 Å². The van der Waals surface area contributed by atoms with Crippen molar-refractivity contribution in [2.45, 2.75) is 25.7 Å². The Hall–Kier alpha value is -4.80. The zero-order valence-electron chi connectivity index (χ0n) is 25.5. The lowest BCUT2D eigenvalue weighted by Gasteiger charge is -2.40. The molecule has 0 fully saturated rings. The molecule has 0 unspecified atom stereocenters. The Labute approximate surface area is 273 Å². The minimum Gasteiger partial charge on any atom is -0.504 e. The lowest BCUT2D eigenvalue weighted by atomic mass is 9.63. The Morgan fingerprint density at radius 1 is 0.543 bits per heavy atom. The van der Waals surface area contributed by atoms with Gasteiger partial charge in [-0.25, -0.2) is 0 Å². The third kappa shape index (κ3) is 4.03. The molecule has 4 aromatic carbocycles. The van der Waals surface area contributed by atoms with Crippen LogP contribution in [0.15, 0.2) is 24.3 Å². The summed E-state index contributed by atoms with van der Waals surface area (Å²) in [5, 5.41) is 44.6. The van der Waals surface area contributed by atoms with Crippen LogP contribution in [0.25, 0.3) is 0 Å². The van der Waals surface area contributed by atoms with Gasteiger partial charge in [0, 0.05) is 11.8 Å². The molecule has 2 aliphatic rings. The normalized spacial score (nSPS) is 16.3. The standard InChI is InChI=1S/C34H28Cl2O10/c1-11-7-13-17(15(9-11)43-3)27(37)23-21(25(35)31(41)33(45-5)29(23)39)19(13)20-14-8-12(2)10-16(44-4)18(14)28(38)24-22(20)26(36)32(42)34(46-6)30(24)40/h7-10,19-20,39-42H,1-6H3/t19-,20-/m0/s1. The van der Waals surface area contributed by atoms with Gasteiger partial charge >= 0.3 is 0 Å². The number of methoxy groups -OCH3 is 4. The number of ether oxygens (including phenoxy) is 4. The van der Waals surface area contributed by atoms with Crippen LogP contribution in [0, 0.1) is 13.8 Å². The van der Waals surface area contributed by atoms with Crippen molar-refractivity contribution < 1.29 is 49.0 Å². The average Bonchev–Trinajstić information content (AvgIpc) is 3.02. The van der Waals surface area contributed by atoms with Gasteiger partial charge in [-0.1, -0.05) is 35.3 Å². The number of carbonyl (C=O) groups excluding carboxylic acids is 2. The first-order valence-electron chi connectivity index (χ1n) is 13.9. The van der Waals surface area contributed by atoms with Crippen LogP contribution in [0.4, 0.5) is 0 Å². The molecule has 10 nitrogen and oxygen atoms in total. The minimum absolute atomic E-state index is 0.00482. The molecule has 238 valence electrons. The number of hydrogen-bond acceptors (Lipinski definition) is 10. The van der Waals surface area contributed by atoms with E-state index in [1.807, 2.05) is 0 Å². The van der Waals surface area contributed by atoms with Gasteiger partial charge in [-0.15, -0.1) is 0 Å². The van der Waals surface area contributed by atoms with Crippen molar-refractivity contribution in [1.29, 1.82) is 0 Å². The van der Waals surface area contributed by atoms with Crippen molar-refractivity contribution in [3.05, 3.63) is 89.9 Å². The third-order valence-corrected chi connectivity index (χ3v) is 9.46. The van der Waals surface area contributed by atoms with Crippen LogP contribution in [0.1, 0.15) is 77.1 Å². The number of aryl methyl sites for hydroxylation is 2. The number of aromatic hydroxyl groups is 4. The van der Waals surface area contributed by atoms with Gasteiger partial charge < -0.3 is 39.4 Å². The molecule has 0 aromatic heterocycles. The summed E-state index contributed by atoms with van der Waals surface area (Å²) < 4.78 is 21.8. The van der Waals surface area contributed by atoms with Gasteiger partial charge in [-0.3, -0.25) is 9.59 Å². The lowest BCUT2D eigenvalue weighted by molar-refractivity contribution is 0.101. The van der Waals surface area contributed by atoms with Gasteiger partial charge in [0.2, 0.25) is 23.1 Å². The van der Waals surface area contributed by atoms with Crippen LogP contribution in [0.3, 0.4) is 0 Å². The Morgan fingerprint density at radius 3 is 1.20 bits per heavy atom. The molecular formula is C34H28Cl2O10. The van der Waals surface area contributed by atoms with Crippen molar-refractivity contribution in [2.75, 3.05) is 28.4 Å². The Bertz CT molecular complexity index is 1890. The smallest absolute Gasteiger partial charge is 0.205 e. The Balaban J connectivity index is 1.88. The molecule has 12 heteroatoms. The Kier molecular flexibility index (Phi) is 7.41. The fraction of sp³-hybridized carbons (Fsp3) is 0.235. The molecule has 4 aromatic rings. The number of hydrogen-bond donors (Lipinski definition) is 4. The highest BCUT2D eigenvalue weighted by Crippen LogP contribution is 2.63. The molecule has 0 bridgehead atoms. The van der Waals surface area contributed by atoms with E-state index in [2.05, 4.69) is 0 Å². The monoisotopic (exact) mass is 666 g/mol. The number of phenolic OH excluding ortho intramolecular Hbond substituents is 4. The van der Waals surface area contributed by atoms with Crippen LogP contribution in [0.5, 0.6) is 46.0 Å². The van der Waals surface area contributed by atoms with E-state index in [1.165, 1.54) is 28.4 Å². The van der Waals surface area contributed by atoms with Crippen molar-refractivity contribution in [1.82, 2.24) is 0 Å². The number of rotatable bonds is 5. The number of benzene rings is 4. The van der Waals surface area contributed by atoms with Gasteiger partial charge in [0.25, 0.3) is 0 Å². The van der Waals surface area contributed by atoms with Gasteiger partial charge in [0.15, 0.2) is 23.0 Å². The van der Waals surface area contributed by atoms with E-state index in [4.69, 9.17) is 42.1 Å². The summed E-state index contributed by atoms with van der Waals surface area (Å²) in [6.45, 7) is 3.58. The predicted molar refractivity (Wildman–Crippen MR) is 169 cm³/mol. The topological polar surface area (TPSA) is 152 Å². The van der Waals surface area contributed by atoms with Gasteiger partial charge in [-0.05, 0) is 59.4 Å². The third-order valence-electron chi connectivity index (χ3n) is 8.70. The van der Waals surface area contributed by atoms with Gasteiger partial charge in [-0.2, -0.15) is 0 Å². The number of ketones is 2. The van der Waals surface area contributed by atoms with Gasteiger partial charge in [0.05, 0.1) is 60.7 Å². The van der Waals surface area contributed by atoms with E-state index >= 15 is 0 Å². The number of carbonyl (C=O) groups is 2. The van der Waals surface area contributed by atoms with Crippen LogP contribution >= 0.6 is 23.2 Å². The first-order valence-corrected chi connectivity index (χ1v) is 14.7. The van der Waals surface area contributed by atoms with E-state index in [0.717, 1.165) is 0 Å². The van der Waals surface area contributed by atoms with Crippen LogP contribution in [-0.4, -0.2) is 60.4 Å². The molecular weight excluding hydrogens is 639 g/mol. The average molecular weight is 667 g/mol. The molecule has 0 radical (unpaired) electrons. The molecule has 6 rings (SSSR count). The van der Waals surface area contributed by atoms with Crippen LogP contribution in [0.2, 0.25) is 10.0 Å². The van der Waals surface area contributed by atoms with E-state index in [1.54, 1.807) is 38.1 Å². The summed E-state index contributed by atoms with van der Waals surface area (Å²) in [5.41, 5.74) is 1.76. The summed E-state index contributed by atoms with van der Waals surface area (Å²) in [6.07, 6.45) is 0. The number of fused-ring (bicyclic) bond motifs is 4.